The number of nitrogens with one attached hydrogen (secondary N) is 1. The molecule has 0 radical (unpaired) electrons. The fraction of sp³-hybridized carbons (Fsp3) is 0.600. The molecular weight excluding hydrogens is 390 g/mol. The normalized spacial score (nSPS) is 19.0. The van der Waals surface area contributed by atoms with Crippen molar-refractivity contribution >= 4 is 26.8 Å². The van der Waals surface area contributed by atoms with Crippen LogP contribution in [0.1, 0.15) is 36.7 Å². The first kappa shape index (κ1) is 20.3. The van der Waals surface area contributed by atoms with E-state index in [0.717, 1.165) is 30.5 Å². The third kappa shape index (κ3) is 4.17. The molecule has 0 saturated carbocycles. The molecule has 1 aromatic heterocycles. The average Bonchev–Trinajstić information content (AvgIpc) is 3.14. The van der Waals surface area contributed by atoms with Crippen molar-refractivity contribution < 1.29 is 13.2 Å². The zero-order chi connectivity index (χ0) is 20.4. The highest BCUT2D eigenvalue weighted by Crippen LogP contribution is 2.24. The van der Waals surface area contributed by atoms with Crippen LogP contribution in [0.15, 0.2) is 24.3 Å². The maximum atomic E-state index is 12.9. The molecule has 0 spiro atoms. The number of benzene rings is 1. The van der Waals surface area contributed by atoms with Crippen LogP contribution < -0.4 is 0 Å². The van der Waals surface area contributed by atoms with Crippen molar-refractivity contribution in [3.8, 4) is 0 Å². The van der Waals surface area contributed by atoms with Crippen molar-refractivity contribution in [2.45, 2.75) is 32.2 Å². The second-order valence-corrected chi connectivity index (χ2v) is 10.1. The van der Waals surface area contributed by atoms with Gasteiger partial charge in [-0.05, 0) is 38.9 Å². The first-order valence-electron chi connectivity index (χ1n) is 10.4. The number of carbonyl (C=O) groups is 1. The molecular formula is C20H29N5O3S. The molecule has 9 heteroatoms. The minimum Gasteiger partial charge on any atom is -0.334 e. The van der Waals surface area contributed by atoms with Gasteiger partial charge in [-0.2, -0.15) is 9.40 Å². The predicted molar refractivity (Wildman–Crippen MR) is 112 cm³/mol. The molecule has 0 unspecified atom stereocenters. The molecule has 158 valence electrons. The lowest BCUT2D eigenvalue weighted by Crippen LogP contribution is -2.63. The standard InChI is InChI=1S/C20H29N5O3S/c1-2-29(27,28)25(13-12-23-10-6-3-7-11-23)16-14-24(15-16)20(26)19-17-8-4-5-9-18(17)21-22-19/h4-5,8-9,16H,2-3,6-7,10-15H2,1H3,(H,21,22). The number of H-pyrrole nitrogens is 1. The van der Waals surface area contributed by atoms with Gasteiger partial charge in [-0.1, -0.05) is 24.6 Å². The first-order valence-corrected chi connectivity index (χ1v) is 12.0. The number of aromatic nitrogens is 2. The van der Waals surface area contributed by atoms with Gasteiger partial charge in [-0.3, -0.25) is 9.89 Å². The number of rotatable bonds is 7. The summed E-state index contributed by atoms with van der Waals surface area (Å²) in [6.45, 7) is 5.85. The van der Waals surface area contributed by atoms with Gasteiger partial charge >= 0.3 is 0 Å². The van der Waals surface area contributed by atoms with E-state index in [0.29, 0.717) is 25.3 Å². The predicted octanol–water partition coefficient (Wildman–Crippen LogP) is 1.52. The second kappa shape index (κ2) is 8.41. The van der Waals surface area contributed by atoms with Crippen LogP contribution in [0.4, 0.5) is 0 Å². The molecule has 4 rings (SSSR count). The van der Waals surface area contributed by atoms with Gasteiger partial charge in [0.2, 0.25) is 10.0 Å². The minimum absolute atomic E-state index is 0.0848. The van der Waals surface area contributed by atoms with Crippen LogP contribution in [0.3, 0.4) is 0 Å². The Balaban J connectivity index is 1.41. The van der Waals surface area contributed by atoms with E-state index in [-0.39, 0.29) is 17.7 Å². The smallest absolute Gasteiger partial charge is 0.275 e. The Morgan fingerprint density at radius 3 is 2.66 bits per heavy atom. The second-order valence-electron chi connectivity index (χ2n) is 7.90. The van der Waals surface area contributed by atoms with Gasteiger partial charge in [0.25, 0.3) is 5.91 Å². The van der Waals surface area contributed by atoms with Gasteiger partial charge in [0.05, 0.1) is 17.3 Å². The molecule has 1 N–H and O–H groups in total. The number of piperidine rings is 1. The molecule has 8 nitrogen and oxygen atoms in total. The third-order valence-electron chi connectivity index (χ3n) is 6.04. The fourth-order valence-electron chi connectivity index (χ4n) is 4.22. The quantitative estimate of drug-likeness (QED) is 0.735. The van der Waals surface area contributed by atoms with Gasteiger partial charge in [-0.25, -0.2) is 8.42 Å². The van der Waals surface area contributed by atoms with Crippen molar-refractivity contribution in [1.29, 1.82) is 0 Å². The molecule has 2 saturated heterocycles. The number of nitrogens with zero attached hydrogens (tertiary/aromatic N) is 4. The van der Waals surface area contributed by atoms with Gasteiger partial charge in [0, 0.05) is 31.6 Å². The Labute approximate surface area is 171 Å². The average molecular weight is 420 g/mol. The number of fused-ring (bicyclic) bond motifs is 1. The van der Waals surface area contributed by atoms with E-state index >= 15 is 0 Å². The van der Waals surface area contributed by atoms with Crippen LogP contribution >= 0.6 is 0 Å². The summed E-state index contributed by atoms with van der Waals surface area (Å²) in [6, 6.07) is 7.37. The van der Waals surface area contributed by atoms with E-state index < -0.39 is 10.0 Å². The summed E-state index contributed by atoms with van der Waals surface area (Å²) in [5.74, 6) is -0.0647. The summed E-state index contributed by atoms with van der Waals surface area (Å²) >= 11 is 0. The van der Waals surface area contributed by atoms with Gasteiger partial charge in [0.1, 0.15) is 0 Å². The molecule has 0 bridgehead atoms. The van der Waals surface area contributed by atoms with E-state index in [2.05, 4.69) is 15.1 Å². The Hall–Kier alpha value is -1.97. The Morgan fingerprint density at radius 1 is 1.21 bits per heavy atom. The molecule has 2 aliphatic rings. The molecule has 1 amide bonds. The number of hydrogen-bond donors (Lipinski definition) is 1. The molecule has 2 fully saturated rings. The Kier molecular flexibility index (Phi) is 5.89. The van der Waals surface area contributed by atoms with E-state index in [1.807, 2.05) is 24.3 Å². The molecule has 3 heterocycles. The van der Waals surface area contributed by atoms with Crippen molar-refractivity contribution in [2.75, 3.05) is 45.0 Å². The van der Waals surface area contributed by atoms with E-state index in [4.69, 9.17) is 0 Å². The molecule has 0 atom stereocenters. The number of sulfonamides is 1. The first-order chi connectivity index (χ1) is 14.0. The highest BCUT2D eigenvalue weighted by Gasteiger charge is 2.40. The van der Waals surface area contributed by atoms with Crippen molar-refractivity contribution in [1.82, 2.24) is 24.3 Å². The summed E-state index contributed by atoms with van der Waals surface area (Å²) in [5.41, 5.74) is 1.22. The summed E-state index contributed by atoms with van der Waals surface area (Å²) < 4.78 is 27.0. The molecule has 2 aromatic rings. The zero-order valence-corrected chi connectivity index (χ0v) is 17.7. The molecule has 29 heavy (non-hydrogen) atoms. The van der Waals surface area contributed by atoms with Crippen LogP contribution in [0.25, 0.3) is 10.9 Å². The lowest BCUT2D eigenvalue weighted by molar-refractivity contribution is 0.0432. The Morgan fingerprint density at radius 2 is 1.93 bits per heavy atom. The van der Waals surface area contributed by atoms with Gasteiger partial charge in [0.15, 0.2) is 5.69 Å². The maximum absolute atomic E-state index is 12.9. The molecule has 2 aliphatic heterocycles. The van der Waals surface area contributed by atoms with Crippen molar-refractivity contribution in [3.63, 3.8) is 0 Å². The topological polar surface area (TPSA) is 89.6 Å². The monoisotopic (exact) mass is 419 g/mol. The summed E-state index contributed by atoms with van der Waals surface area (Å²) in [5, 5.41) is 7.86. The molecule has 0 aliphatic carbocycles. The lowest BCUT2D eigenvalue weighted by atomic mass is 10.1. The van der Waals surface area contributed by atoms with Gasteiger partial charge < -0.3 is 9.80 Å². The largest absolute Gasteiger partial charge is 0.334 e. The highest BCUT2D eigenvalue weighted by molar-refractivity contribution is 7.89. The van der Waals surface area contributed by atoms with E-state index in [1.165, 1.54) is 19.3 Å². The number of para-hydroxylation sites is 1. The number of amides is 1. The Bertz CT molecular complexity index is 961. The summed E-state index contributed by atoms with van der Waals surface area (Å²) in [6.07, 6.45) is 3.63. The van der Waals surface area contributed by atoms with E-state index in [1.54, 1.807) is 16.1 Å². The van der Waals surface area contributed by atoms with Crippen molar-refractivity contribution in [2.24, 2.45) is 0 Å². The SMILES string of the molecule is CCS(=O)(=O)N(CCN1CCCCC1)C1CN(C(=O)c2n[nH]c3ccccc23)C1. The molecule has 1 aromatic carbocycles. The van der Waals surface area contributed by atoms with Crippen LogP contribution in [-0.4, -0.2) is 89.7 Å². The highest BCUT2D eigenvalue weighted by atomic mass is 32.2. The number of likely N-dealkylation sites (tertiary alicyclic amines) is 2. The number of carbonyl (C=O) groups excluding carboxylic acids is 1. The number of hydrogen-bond acceptors (Lipinski definition) is 5. The van der Waals surface area contributed by atoms with Gasteiger partial charge in [-0.15, -0.1) is 0 Å². The lowest BCUT2D eigenvalue weighted by Gasteiger charge is -2.44. The van der Waals surface area contributed by atoms with Crippen molar-refractivity contribution in [3.05, 3.63) is 30.0 Å². The summed E-state index contributed by atoms with van der Waals surface area (Å²) in [4.78, 5) is 16.9. The van der Waals surface area contributed by atoms with Crippen LogP contribution in [0, 0.1) is 0 Å². The van der Waals surface area contributed by atoms with Crippen LogP contribution in [0.2, 0.25) is 0 Å². The zero-order valence-electron chi connectivity index (χ0n) is 16.9. The number of aromatic amines is 1. The van der Waals surface area contributed by atoms with Crippen LogP contribution in [0.5, 0.6) is 0 Å². The van der Waals surface area contributed by atoms with E-state index in [9.17, 15) is 13.2 Å². The fourth-order valence-corrected chi connectivity index (χ4v) is 5.50. The van der Waals surface area contributed by atoms with Crippen LogP contribution in [-0.2, 0) is 10.0 Å². The maximum Gasteiger partial charge on any atom is 0.275 e. The minimum atomic E-state index is -3.31. The third-order valence-corrected chi connectivity index (χ3v) is 7.96. The summed E-state index contributed by atoms with van der Waals surface area (Å²) in [7, 11) is -3.31.